The van der Waals surface area contributed by atoms with Crippen molar-refractivity contribution in [2.45, 2.75) is 32.4 Å². The second kappa shape index (κ2) is 6.65. The molecule has 2 rings (SSSR count). The van der Waals surface area contributed by atoms with Gasteiger partial charge in [0.05, 0.1) is 0 Å². The summed E-state index contributed by atoms with van der Waals surface area (Å²) in [5, 5.41) is 10.7. The van der Waals surface area contributed by atoms with Crippen LogP contribution in [0.3, 0.4) is 0 Å². The van der Waals surface area contributed by atoms with Gasteiger partial charge >= 0.3 is 0 Å². The van der Waals surface area contributed by atoms with Crippen LogP contribution in [0.2, 0.25) is 0 Å². The van der Waals surface area contributed by atoms with Crippen LogP contribution < -0.4 is 5.73 Å². The maximum atomic E-state index is 12.1. The van der Waals surface area contributed by atoms with Crippen molar-refractivity contribution in [2.24, 2.45) is 11.7 Å². The molecule has 1 aromatic heterocycles. The lowest BCUT2D eigenvalue weighted by molar-refractivity contribution is -0.136. The van der Waals surface area contributed by atoms with Gasteiger partial charge in [0.2, 0.25) is 5.91 Å². The lowest BCUT2D eigenvalue weighted by Gasteiger charge is -2.37. The molecule has 1 saturated heterocycles. The summed E-state index contributed by atoms with van der Waals surface area (Å²) < 4.78 is 1.44. The topological polar surface area (TPSA) is 89.9 Å². The van der Waals surface area contributed by atoms with Gasteiger partial charge in [0, 0.05) is 19.1 Å². The molecule has 8 heteroatoms. The number of hydrogen-bond donors (Lipinski definition) is 1. The zero-order chi connectivity index (χ0) is 12.3. The first kappa shape index (κ1) is 14.8. The predicted molar refractivity (Wildman–Crippen MR) is 68.0 cm³/mol. The number of nitrogens with two attached hydrogens (primary N) is 1. The Morgan fingerprint density at radius 1 is 1.56 bits per heavy atom. The van der Waals surface area contributed by atoms with Gasteiger partial charge in [0.1, 0.15) is 12.9 Å². The van der Waals surface area contributed by atoms with Crippen LogP contribution in [0.25, 0.3) is 0 Å². The summed E-state index contributed by atoms with van der Waals surface area (Å²) in [5.74, 6) is 0.681. The van der Waals surface area contributed by atoms with Crippen molar-refractivity contribution in [2.75, 3.05) is 13.1 Å². The molecule has 102 valence electrons. The largest absolute Gasteiger partial charge is 0.337 e. The molecule has 1 fully saturated rings. The molecule has 0 aromatic carbocycles. The molecule has 0 bridgehead atoms. The van der Waals surface area contributed by atoms with E-state index in [4.69, 9.17) is 5.73 Å². The summed E-state index contributed by atoms with van der Waals surface area (Å²) in [5.41, 5.74) is 5.73. The average Bonchev–Trinajstić information content (AvgIpc) is 2.81. The summed E-state index contributed by atoms with van der Waals surface area (Å²) >= 11 is 0. The number of carbonyl (C=O) groups is 1. The molecule has 0 aliphatic carbocycles. The summed E-state index contributed by atoms with van der Waals surface area (Å²) in [4.78, 5) is 14.0. The van der Waals surface area contributed by atoms with Crippen molar-refractivity contribution in [3.63, 3.8) is 0 Å². The Bertz CT molecular complexity index is 370. The minimum absolute atomic E-state index is 0. The molecule has 2 N–H and O–H groups in total. The first-order chi connectivity index (χ1) is 8.20. The van der Waals surface area contributed by atoms with Crippen LogP contribution in [0.4, 0.5) is 0 Å². The normalized spacial score (nSPS) is 23.6. The molecule has 1 aromatic rings. The summed E-state index contributed by atoms with van der Waals surface area (Å²) in [7, 11) is 0. The molecular weight excluding hydrogens is 256 g/mol. The van der Waals surface area contributed by atoms with E-state index in [1.165, 1.54) is 11.0 Å². The Morgan fingerprint density at radius 3 is 2.94 bits per heavy atom. The number of carbonyl (C=O) groups excluding carboxylic acids is 1. The molecule has 18 heavy (non-hydrogen) atoms. The SMILES string of the molecule is CC1CCN(C(=O)Cn2cnnn2)C(CN)C1.Cl. The molecule has 0 spiro atoms. The van der Waals surface area contributed by atoms with Crippen molar-refractivity contribution >= 4 is 18.3 Å². The van der Waals surface area contributed by atoms with Crippen LogP contribution in [0.1, 0.15) is 19.8 Å². The Hall–Kier alpha value is -1.21. The highest BCUT2D eigenvalue weighted by Gasteiger charge is 2.28. The molecular formula is C10H19ClN6O. The highest BCUT2D eigenvalue weighted by Crippen LogP contribution is 2.22. The lowest BCUT2D eigenvalue weighted by atomic mass is 9.92. The number of aromatic nitrogens is 4. The highest BCUT2D eigenvalue weighted by atomic mass is 35.5. The van der Waals surface area contributed by atoms with E-state index in [-0.39, 0.29) is 30.9 Å². The Morgan fingerprint density at radius 2 is 2.33 bits per heavy atom. The van der Waals surface area contributed by atoms with Gasteiger partial charge in [-0.25, -0.2) is 4.68 Å². The molecule has 1 aliphatic rings. The van der Waals surface area contributed by atoms with Gasteiger partial charge in [-0.1, -0.05) is 6.92 Å². The van der Waals surface area contributed by atoms with Crippen molar-refractivity contribution in [1.29, 1.82) is 0 Å². The predicted octanol–water partition coefficient (Wildman–Crippen LogP) is -0.319. The van der Waals surface area contributed by atoms with Crippen LogP contribution in [0, 0.1) is 5.92 Å². The molecule has 0 saturated carbocycles. The Balaban J connectivity index is 0.00000162. The zero-order valence-electron chi connectivity index (χ0n) is 10.4. The smallest absolute Gasteiger partial charge is 0.244 e. The summed E-state index contributed by atoms with van der Waals surface area (Å²) in [6.45, 7) is 3.69. The fraction of sp³-hybridized carbons (Fsp3) is 0.800. The molecule has 1 aliphatic heterocycles. The quantitative estimate of drug-likeness (QED) is 0.816. The molecule has 7 nitrogen and oxygen atoms in total. The van der Waals surface area contributed by atoms with Gasteiger partial charge in [0.15, 0.2) is 0 Å². The monoisotopic (exact) mass is 274 g/mol. The summed E-state index contributed by atoms with van der Waals surface area (Å²) in [6, 6.07) is 0.155. The Labute approximate surface area is 112 Å². The van der Waals surface area contributed by atoms with Gasteiger partial charge in [-0.2, -0.15) is 0 Å². The number of rotatable bonds is 3. The van der Waals surface area contributed by atoms with E-state index < -0.39 is 0 Å². The van der Waals surface area contributed by atoms with Crippen LogP contribution in [-0.4, -0.2) is 50.1 Å². The maximum Gasteiger partial charge on any atom is 0.244 e. The number of likely N-dealkylation sites (tertiary alicyclic amines) is 1. The fourth-order valence-corrected chi connectivity index (χ4v) is 2.29. The van der Waals surface area contributed by atoms with Gasteiger partial charge < -0.3 is 10.6 Å². The van der Waals surface area contributed by atoms with Crippen LogP contribution in [0.5, 0.6) is 0 Å². The number of tetrazole rings is 1. The van der Waals surface area contributed by atoms with Gasteiger partial charge in [-0.15, -0.1) is 17.5 Å². The average molecular weight is 275 g/mol. The van der Waals surface area contributed by atoms with Crippen LogP contribution in [0.15, 0.2) is 6.33 Å². The van der Waals surface area contributed by atoms with Gasteiger partial charge in [-0.05, 0) is 29.2 Å². The first-order valence-electron chi connectivity index (χ1n) is 5.91. The minimum Gasteiger partial charge on any atom is -0.337 e. The van der Waals surface area contributed by atoms with Crippen molar-refractivity contribution in [1.82, 2.24) is 25.1 Å². The minimum atomic E-state index is 0. The third-order valence-electron chi connectivity index (χ3n) is 3.26. The molecule has 0 radical (unpaired) electrons. The molecule has 2 unspecified atom stereocenters. The van der Waals surface area contributed by atoms with Crippen molar-refractivity contribution in [3.8, 4) is 0 Å². The van der Waals surface area contributed by atoms with E-state index in [2.05, 4.69) is 22.4 Å². The number of amides is 1. The number of piperidine rings is 1. The lowest BCUT2D eigenvalue weighted by Crippen LogP contribution is -2.50. The number of nitrogens with zero attached hydrogens (tertiary/aromatic N) is 5. The third-order valence-corrected chi connectivity index (χ3v) is 3.26. The third kappa shape index (κ3) is 3.39. The van der Waals surface area contributed by atoms with E-state index in [0.29, 0.717) is 12.5 Å². The Kier molecular flexibility index (Phi) is 5.49. The second-order valence-electron chi connectivity index (χ2n) is 4.61. The van der Waals surface area contributed by atoms with E-state index >= 15 is 0 Å². The van der Waals surface area contributed by atoms with E-state index in [0.717, 1.165) is 19.4 Å². The van der Waals surface area contributed by atoms with E-state index in [9.17, 15) is 4.79 Å². The van der Waals surface area contributed by atoms with E-state index in [1.54, 1.807) is 0 Å². The van der Waals surface area contributed by atoms with Crippen molar-refractivity contribution in [3.05, 3.63) is 6.33 Å². The standard InChI is InChI=1S/C10H18N6O.ClH/c1-8-2-3-16(9(4-8)5-11)10(17)6-15-7-12-13-14-15;/h7-9H,2-6,11H2,1H3;1H. The van der Waals surface area contributed by atoms with Gasteiger partial charge in [0.25, 0.3) is 0 Å². The van der Waals surface area contributed by atoms with Crippen molar-refractivity contribution < 1.29 is 4.79 Å². The fourth-order valence-electron chi connectivity index (χ4n) is 2.29. The second-order valence-corrected chi connectivity index (χ2v) is 4.61. The van der Waals surface area contributed by atoms with Crippen LogP contribution >= 0.6 is 12.4 Å². The number of halogens is 1. The molecule has 2 atom stereocenters. The summed E-state index contributed by atoms with van der Waals surface area (Å²) in [6.07, 6.45) is 3.47. The number of hydrogen-bond acceptors (Lipinski definition) is 5. The van der Waals surface area contributed by atoms with Crippen LogP contribution in [-0.2, 0) is 11.3 Å². The highest BCUT2D eigenvalue weighted by molar-refractivity contribution is 5.85. The maximum absolute atomic E-state index is 12.1. The van der Waals surface area contributed by atoms with Gasteiger partial charge in [-0.3, -0.25) is 4.79 Å². The zero-order valence-corrected chi connectivity index (χ0v) is 11.2. The van der Waals surface area contributed by atoms with E-state index in [1.807, 2.05) is 4.90 Å². The molecule has 2 heterocycles. The molecule has 1 amide bonds. The first-order valence-corrected chi connectivity index (χ1v) is 5.91.